The first-order chi connectivity index (χ1) is 5.45. The minimum Gasteiger partial charge on any atom is -0.370 e. The highest BCUT2D eigenvalue weighted by atomic mass is 16.3. The normalized spacial score (nSPS) is 17.7. The second-order valence-corrected chi connectivity index (χ2v) is 3.55. The second-order valence-electron chi connectivity index (χ2n) is 3.55. The van der Waals surface area contributed by atoms with Gasteiger partial charge in [-0.15, -0.1) is 0 Å². The first-order valence-electron chi connectivity index (χ1n) is 4.21. The molecular weight excluding hydrogens is 156 g/mol. The maximum atomic E-state index is 9.19. The van der Waals surface area contributed by atoms with Crippen LogP contribution in [-0.2, 0) is 0 Å². The summed E-state index contributed by atoms with van der Waals surface area (Å²) >= 11 is 0. The SMILES string of the molecule is CC(C)C(O)/N=N/C(O)C(C)C. The Hall–Kier alpha value is -0.480. The predicted molar refractivity (Wildman–Crippen MR) is 46.5 cm³/mol. The van der Waals surface area contributed by atoms with Crippen molar-refractivity contribution >= 4 is 0 Å². The minimum absolute atomic E-state index is 0.0353. The summed E-state index contributed by atoms with van der Waals surface area (Å²) in [5.41, 5.74) is 0. The summed E-state index contributed by atoms with van der Waals surface area (Å²) in [4.78, 5) is 0. The third kappa shape index (κ3) is 4.41. The van der Waals surface area contributed by atoms with Crippen LogP contribution in [0.4, 0.5) is 0 Å². The van der Waals surface area contributed by atoms with E-state index in [9.17, 15) is 10.2 Å². The molecule has 0 spiro atoms. The minimum atomic E-state index is -0.807. The number of hydrogen-bond acceptors (Lipinski definition) is 4. The van der Waals surface area contributed by atoms with Crippen LogP contribution in [-0.4, -0.2) is 22.7 Å². The third-order valence-electron chi connectivity index (χ3n) is 1.50. The van der Waals surface area contributed by atoms with E-state index in [-0.39, 0.29) is 11.8 Å². The van der Waals surface area contributed by atoms with Crippen LogP contribution >= 0.6 is 0 Å². The van der Waals surface area contributed by atoms with Crippen molar-refractivity contribution in [2.24, 2.45) is 22.1 Å². The molecule has 2 N–H and O–H groups in total. The first kappa shape index (κ1) is 11.5. The van der Waals surface area contributed by atoms with Gasteiger partial charge >= 0.3 is 0 Å². The van der Waals surface area contributed by atoms with Crippen LogP contribution in [0.5, 0.6) is 0 Å². The number of aliphatic hydroxyl groups excluding tert-OH is 2. The van der Waals surface area contributed by atoms with Gasteiger partial charge in [0, 0.05) is 11.8 Å². The van der Waals surface area contributed by atoms with E-state index in [1.807, 2.05) is 27.7 Å². The number of azo groups is 1. The zero-order valence-corrected chi connectivity index (χ0v) is 8.10. The fourth-order valence-electron chi connectivity index (χ4n) is 0.403. The predicted octanol–water partition coefficient (Wildman–Crippen LogP) is 1.39. The molecule has 0 amide bonds. The van der Waals surface area contributed by atoms with Crippen molar-refractivity contribution in [3.05, 3.63) is 0 Å². The number of nitrogens with zero attached hydrogens (tertiary/aromatic N) is 2. The van der Waals surface area contributed by atoms with Gasteiger partial charge in [-0.2, -0.15) is 10.2 Å². The van der Waals surface area contributed by atoms with Crippen molar-refractivity contribution in [3.8, 4) is 0 Å². The van der Waals surface area contributed by atoms with Crippen LogP contribution in [0.25, 0.3) is 0 Å². The van der Waals surface area contributed by atoms with Crippen molar-refractivity contribution in [3.63, 3.8) is 0 Å². The van der Waals surface area contributed by atoms with Crippen LogP contribution < -0.4 is 0 Å². The highest BCUT2D eigenvalue weighted by Gasteiger charge is 2.10. The van der Waals surface area contributed by atoms with Crippen LogP contribution in [0.15, 0.2) is 10.2 Å². The standard InChI is InChI=1S/C8H18N2O2/c1-5(2)7(11)9-10-8(12)6(3)4/h5-8,11-12H,1-4H3/b10-9+. The highest BCUT2D eigenvalue weighted by molar-refractivity contribution is 4.57. The molecule has 0 radical (unpaired) electrons. The van der Waals surface area contributed by atoms with Crippen molar-refractivity contribution in [2.75, 3.05) is 0 Å². The Kier molecular flexibility index (Phi) is 5.01. The van der Waals surface area contributed by atoms with Crippen LogP contribution in [0.3, 0.4) is 0 Å². The molecular formula is C8H18N2O2. The van der Waals surface area contributed by atoms with Gasteiger partial charge in [-0.1, -0.05) is 27.7 Å². The molecule has 12 heavy (non-hydrogen) atoms. The largest absolute Gasteiger partial charge is 0.370 e. The number of aliphatic hydroxyl groups is 2. The van der Waals surface area contributed by atoms with Gasteiger partial charge in [0.15, 0.2) is 12.5 Å². The molecule has 0 rings (SSSR count). The second kappa shape index (κ2) is 5.22. The molecule has 2 unspecified atom stereocenters. The molecule has 0 aliphatic rings. The summed E-state index contributed by atoms with van der Waals surface area (Å²) in [5.74, 6) is 0.0706. The molecule has 0 saturated carbocycles. The van der Waals surface area contributed by atoms with E-state index in [4.69, 9.17) is 0 Å². The van der Waals surface area contributed by atoms with Crippen molar-refractivity contribution in [1.82, 2.24) is 0 Å². The Morgan fingerprint density at radius 2 is 1.00 bits per heavy atom. The summed E-state index contributed by atoms with van der Waals surface area (Å²) in [6.45, 7) is 7.35. The molecule has 0 aliphatic carbocycles. The zero-order chi connectivity index (χ0) is 9.72. The van der Waals surface area contributed by atoms with Crippen molar-refractivity contribution < 1.29 is 10.2 Å². The van der Waals surface area contributed by atoms with Gasteiger partial charge in [0.25, 0.3) is 0 Å². The number of hydrogen-bond donors (Lipinski definition) is 2. The third-order valence-corrected chi connectivity index (χ3v) is 1.50. The molecule has 0 saturated heterocycles. The lowest BCUT2D eigenvalue weighted by Crippen LogP contribution is -2.14. The van der Waals surface area contributed by atoms with E-state index in [2.05, 4.69) is 10.2 Å². The maximum absolute atomic E-state index is 9.19. The van der Waals surface area contributed by atoms with Crippen molar-refractivity contribution in [1.29, 1.82) is 0 Å². The quantitative estimate of drug-likeness (QED) is 0.632. The molecule has 0 bridgehead atoms. The monoisotopic (exact) mass is 174 g/mol. The van der Waals surface area contributed by atoms with E-state index >= 15 is 0 Å². The van der Waals surface area contributed by atoms with Gasteiger partial charge in [0.2, 0.25) is 0 Å². The number of rotatable bonds is 4. The van der Waals surface area contributed by atoms with Gasteiger partial charge in [-0.3, -0.25) is 0 Å². The van der Waals surface area contributed by atoms with E-state index in [0.29, 0.717) is 0 Å². The summed E-state index contributed by atoms with van der Waals surface area (Å²) in [6, 6.07) is 0. The smallest absolute Gasteiger partial charge is 0.167 e. The highest BCUT2D eigenvalue weighted by Crippen LogP contribution is 2.07. The van der Waals surface area contributed by atoms with Crippen LogP contribution in [0.2, 0.25) is 0 Å². The Morgan fingerprint density at radius 1 is 0.750 bits per heavy atom. The van der Waals surface area contributed by atoms with E-state index in [0.717, 1.165) is 0 Å². The average molecular weight is 174 g/mol. The van der Waals surface area contributed by atoms with Gasteiger partial charge in [-0.25, -0.2) is 0 Å². The first-order valence-corrected chi connectivity index (χ1v) is 4.21. The van der Waals surface area contributed by atoms with E-state index < -0.39 is 12.5 Å². The Balaban J connectivity index is 3.89. The summed E-state index contributed by atoms with van der Waals surface area (Å²) in [6.07, 6.45) is -1.61. The molecule has 4 nitrogen and oxygen atoms in total. The molecule has 2 atom stereocenters. The molecule has 0 fully saturated rings. The maximum Gasteiger partial charge on any atom is 0.167 e. The topological polar surface area (TPSA) is 65.2 Å². The van der Waals surface area contributed by atoms with Gasteiger partial charge in [0.05, 0.1) is 0 Å². The van der Waals surface area contributed by atoms with E-state index in [1.54, 1.807) is 0 Å². The average Bonchev–Trinajstić information content (AvgIpc) is 1.98. The Labute approximate surface area is 73.3 Å². The lowest BCUT2D eigenvalue weighted by molar-refractivity contribution is 0.0919. The van der Waals surface area contributed by atoms with Crippen LogP contribution in [0, 0.1) is 11.8 Å². The molecule has 0 aromatic heterocycles. The van der Waals surface area contributed by atoms with Gasteiger partial charge < -0.3 is 10.2 Å². The van der Waals surface area contributed by atoms with Crippen LogP contribution in [0.1, 0.15) is 27.7 Å². The molecule has 72 valence electrons. The molecule has 0 aliphatic heterocycles. The molecule has 0 aromatic rings. The van der Waals surface area contributed by atoms with Gasteiger partial charge in [0.1, 0.15) is 0 Å². The Bertz CT molecular complexity index is 130. The van der Waals surface area contributed by atoms with Gasteiger partial charge in [-0.05, 0) is 0 Å². The molecule has 0 aromatic carbocycles. The van der Waals surface area contributed by atoms with E-state index in [1.165, 1.54) is 0 Å². The summed E-state index contributed by atoms with van der Waals surface area (Å²) in [5, 5.41) is 25.5. The molecule has 4 heteroatoms. The Morgan fingerprint density at radius 3 is 1.17 bits per heavy atom. The molecule has 0 heterocycles. The lowest BCUT2D eigenvalue weighted by atomic mass is 10.2. The summed E-state index contributed by atoms with van der Waals surface area (Å²) in [7, 11) is 0. The summed E-state index contributed by atoms with van der Waals surface area (Å²) < 4.78 is 0. The zero-order valence-electron chi connectivity index (χ0n) is 8.10. The van der Waals surface area contributed by atoms with Crippen molar-refractivity contribution in [2.45, 2.75) is 40.2 Å². The fourth-order valence-corrected chi connectivity index (χ4v) is 0.403. The fraction of sp³-hybridized carbons (Fsp3) is 1.00. The lowest BCUT2D eigenvalue weighted by Gasteiger charge is -2.10.